The monoisotopic (exact) mass is 343 g/mol. The fourth-order valence-electron chi connectivity index (χ4n) is 2.99. The molecule has 0 bridgehead atoms. The molecule has 0 amide bonds. The predicted molar refractivity (Wildman–Crippen MR) is 89.8 cm³/mol. The first-order chi connectivity index (χ1) is 12.2. The molecule has 1 fully saturated rings. The van der Waals surface area contributed by atoms with Crippen molar-refractivity contribution < 1.29 is 14.2 Å². The summed E-state index contributed by atoms with van der Waals surface area (Å²) in [5.74, 6) is 0.692. The van der Waals surface area contributed by atoms with Crippen LogP contribution in [0, 0.1) is 5.82 Å². The van der Waals surface area contributed by atoms with Gasteiger partial charge in [-0.2, -0.15) is 4.52 Å². The summed E-state index contributed by atoms with van der Waals surface area (Å²) in [6, 6.07) is 10.2. The van der Waals surface area contributed by atoms with Gasteiger partial charge < -0.3 is 14.7 Å². The van der Waals surface area contributed by atoms with E-state index in [1.165, 1.54) is 6.07 Å². The van der Waals surface area contributed by atoms with E-state index in [1.54, 1.807) is 28.8 Å². The summed E-state index contributed by atoms with van der Waals surface area (Å²) in [6.07, 6.45) is -0.249. The third-order valence-corrected chi connectivity index (χ3v) is 4.37. The summed E-state index contributed by atoms with van der Waals surface area (Å²) >= 11 is 0. The van der Waals surface area contributed by atoms with Crippen LogP contribution < -0.4 is 4.90 Å². The van der Waals surface area contributed by atoms with Crippen molar-refractivity contribution in [1.82, 2.24) is 19.8 Å². The van der Waals surface area contributed by atoms with Gasteiger partial charge in [-0.3, -0.25) is 0 Å². The minimum Gasteiger partial charge on any atom is -0.394 e. The number of anilines is 1. The Morgan fingerprint density at radius 3 is 2.88 bits per heavy atom. The average molecular weight is 343 g/mol. The molecule has 3 heterocycles. The van der Waals surface area contributed by atoms with Gasteiger partial charge in [0.05, 0.1) is 30.9 Å². The van der Waals surface area contributed by atoms with Crippen molar-refractivity contribution in [3.8, 4) is 11.4 Å². The molecule has 0 saturated carbocycles. The van der Waals surface area contributed by atoms with Crippen molar-refractivity contribution in [2.24, 2.45) is 0 Å². The molecule has 4 rings (SSSR count). The smallest absolute Gasteiger partial charge is 0.188 e. The molecule has 8 heteroatoms. The third-order valence-electron chi connectivity index (χ3n) is 4.37. The van der Waals surface area contributed by atoms with Gasteiger partial charge in [-0.05, 0) is 31.2 Å². The first kappa shape index (κ1) is 15.9. The molecule has 2 atom stereocenters. The largest absolute Gasteiger partial charge is 0.394 e. The molecule has 130 valence electrons. The summed E-state index contributed by atoms with van der Waals surface area (Å²) in [6.45, 7) is 3.03. The predicted octanol–water partition coefficient (Wildman–Crippen LogP) is 1.52. The molecule has 1 aliphatic rings. The van der Waals surface area contributed by atoms with E-state index in [9.17, 15) is 9.50 Å². The summed E-state index contributed by atoms with van der Waals surface area (Å²) < 4.78 is 21.2. The van der Waals surface area contributed by atoms with Gasteiger partial charge in [-0.1, -0.05) is 12.1 Å². The van der Waals surface area contributed by atoms with Crippen molar-refractivity contribution in [2.75, 3.05) is 24.7 Å². The highest BCUT2D eigenvalue weighted by atomic mass is 19.1. The SMILES string of the molecule is CC1COC(CO)CN1c1ccc2nnc(-c3ccccc3F)n2n1. The summed E-state index contributed by atoms with van der Waals surface area (Å²) in [4.78, 5) is 2.06. The molecule has 2 unspecified atom stereocenters. The maximum absolute atomic E-state index is 14.1. The number of ether oxygens (including phenoxy) is 1. The Morgan fingerprint density at radius 2 is 2.08 bits per heavy atom. The normalized spacial score (nSPS) is 21.0. The van der Waals surface area contributed by atoms with Gasteiger partial charge in [-0.25, -0.2) is 4.39 Å². The second kappa shape index (κ2) is 6.38. The molecule has 1 saturated heterocycles. The van der Waals surface area contributed by atoms with Crippen molar-refractivity contribution in [1.29, 1.82) is 0 Å². The Kier molecular flexibility index (Phi) is 4.06. The van der Waals surface area contributed by atoms with Crippen molar-refractivity contribution in [3.05, 3.63) is 42.2 Å². The minimum atomic E-state index is -0.371. The number of aliphatic hydroxyl groups is 1. The number of halogens is 1. The van der Waals surface area contributed by atoms with Gasteiger partial charge in [0.25, 0.3) is 0 Å². The Labute approximate surface area is 143 Å². The Balaban J connectivity index is 1.77. The fourth-order valence-corrected chi connectivity index (χ4v) is 2.99. The van der Waals surface area contributed by atoms with E-state index < -0.39 is 0 Å². The van der Waals surface area contributed by atoms with E-state index in [-0.39, 0.29) is 24.6 Å². The maximum atomic E-state index is 14.1. The zero-order chi connectivity index (χ0) is 17.4. The zero-order valence-corrected chi connectivity index (χ0v) is 13.7. The highest BCUT2D eigenvalue weighted by Crippen LogP contribution is 2.24. The molecule has 7 nitrogen and oxygen atoms in total. The number of hydrogen-bond acceptors (Lipinski definition) is 6. The van der Waals surface area contributed by atoms with Crippen LogP contribution in [0.1, 0.15) is 6.92 Å². The first-order valence-corrected chi connectivity index (χ1v) is 8.14. The van der Waals surface area contributed by atoms with Crippen molar-refractivity contribution >= 4 is 11.5 Å². The average Bonchev–Trinajstić information content (AvgIpc) is 3.05. The van der Waals surface area contributed by atoms with Gasteiger partial charge in [0.1, 0.15) is 11.6 Å². The van der Waals surface area contributed by atoms with Crippen LogP contribution in [0.25, 0.3) is 17.0 Å². The number of morpholine rings is 1. The van der Waals surface area contributed by atoms with Gasteiger partial charge in [-0.15, -0.1) is 15.3 Å². The van der Waals surface area contributed by atoms with Crippen LogP contribution in [0.4, 0.5) is 10.2 Å². The van der Waals surface area contributed by atoms with Gasteiger partial charge in [0.2, 0.25) is 0 Å². The number of fused-ring (bicyclic) bond motifs is 1. The lowest BCUT2D eigenvalue weighted by Crippen LogP contribution is -2.50. The lowest BCUT2D eigenvalue weighted by molar-refractivity contribution is -0.0106. The molecule has 0 radical (unpaired) electrons. The van der Waals surface area contributed by atoms with E-state index in [0.29, 0.717) is 36.0 Å². The summed E-state index contributed by atoms with van der Waals surface area (Å²) in [5, 5.41) is 22.1. The molecule has 1 aromatic carbocycles. The summed E-state index contributed by atoms with van der Waals surface area (Å²) in [5.41, 5.74) is 0.893. The Morgan fingerprint density at radius 1 is 1.24 bits per heavy atom. The van der Waals surface area contributed by atoms with Crippen LogP contribution >= 0.6 is 0 Å². The third kappa shape index (κ3) is 2.83. The van der Waals surface area contributed by atoms with Crippen LogP contribution in [-0.4, -0.2) is 56.8 Å². The summed E-state index contributed by atoms with van der Waals surface area (Å²) in [7, 11) is 0. The molecule has 2 aromatic heterocycles. The van der Waals surface area contributed by atoms with E-state index >= 15 is 0 Å². The second-order valence-corrected chi connectivity index (χ2v) is 6.10. The Bertz CT molecular complexity index is 900. The maximum Gasteiger partial charge on any atom is 0.188 e. The van der Waals surface area contributed by atoms with Gasteiger partial charge in [0, 0.05) is 6.54 Å². The molecular weight excluding hydrogens is 325 g/mol. The van der Waals surface area contributed by atoms with Crippen LogP contribution in [-0.2, 0) is 4.74 Å². The van der Waals surface area contributed by atoms with Gasteiger partial charge >= 0.3 is 0 Å². The van der Waals surface area contributed by atoms with Crippen LogP contribution in [0.3, 0.4) is 0 Å². The molecule has 0 spiro atoms. The quantitative estimate of drug-likeness (QED) is 0.777. The zero-order valence-electron chi connectivity index (χ0n) is 13.7. The fraction of sp³-hybridized carbons (Fsp3) is 0.353. The van der Waals surface area contributed by atoms with Crippen LogP contribution in [0.15, 0.2) is 36.4 Å². The van der Waals surface area contributed by atoms with Crippen molar-refractivity contribution in [2.45, 2.75) is 19.1 Å². The van der Waals surface area contributed by atoms with Crippen molar-refractivity contribution in [3.63, 3.8) is 0 Å². The highest BCUT2D eigenvalue weighted by molar-refractivity contribution is 5.60. The van der Waals surface area contributed by atoms with E-state index in [0.717, 1.165) is 0 Å². The number of benzene rings is 1. The first-order valence-electron chi connectivity index (χ1n) is 8.14. The molecule has 1 N–H and O–H groups in total. The lowest BCUT2D eigenvalue weighted by atomic mass is 10.2. The number of rotatable bonds is 3. The Hall–Kier alpha value is -2.58. The van der Waals surface area contributed by atoms with E-state index in [2.05, 4.69) is 20.2 Å². The topological polar surface area (TPSA) is 75.8 Å². The molecule has 3 aromatic rings. The molecule has 1 aliphatic heterocycles. The van der Waals surface area contributed by atoms with E-state index in [4.69, 9.17) is 4.74 Å². The minimum absolute atomic E-state index is 0.0431. The number of aromatic nitrogens is 4. The van der Waals surface area contributed by atoms with Crippen LogP contribution in [0.5, 0.6) is 0 Å². The van der Waals surface area contributed by atoms with Gasteiger partial charge in [0.15, 0.2) is 11.5 Å². The van der Waals surface area contributed by atoms with Crippen LogP contribution in [0.2, 0.25) is 0 Å². The lowest BCUT2D eigenvalue weighted by Gasteiger charge is -2.38. The molecule has 25 heavy (non-hydrogen) atoms. The standard InChI is InChI=1S/C17H18FN5O2/c1-11-10-25-12(9-24)8-22(11)16-7-6-15-19-20-17(23(15)21-16)13-4-2-3-5-14(13)18/h2-7,11-12,24H,8-10H2,1H3. The second-order valence-electron chi connectivity index (χ2n) is 6.10. The number of hydrogen-bond donors (Lipinski definition) is 1. The number of aliphatic hydroxyl groups excluding tert-OH is 1. The number of nitrogens with zero attached hydrogens (tertiary/aromatic N) is 5. The molecular formula is C17H18FN5O2. The highest BCUT2D eigenvalue weighted by Gasteiger charge is 2.27. The van der Waals surface area contributed by atoms with E-state index in [1.807, 2.05) is 13.0 Å². The molecule has 0 aliphatic carbocycles.